The van der Waals surface area contributed by atoms with Crippen LogP contribution in [0.25, 0.3) is 11.3 Å². The predicted molar refractivity (Wildman–Crippen MR) is 109 cm³/mol. The molecule has 0 unspecified atom stereocenters. The molecule has 0 aliphatic rings. The Labute approximate surface area is 171 Å². The van der Waals surface area contributed by atoms with Crippen molar-refractivity contribution >= 4 is 41.2 Å². The minimum Gasteiger partial charge on any atom is -0.455 e. The van der Waals surface area contributed by atoms with Gasteiger partial charge < -0.3 is 9.73 Å². The number of amides is 2. The molecular weight excluding hydrogens is 401 g/mol. The van der Waals surface area contributed by atoms with Gasteiger partial charge in [-0.1, -0.05) is 23.2 Å². The summed E-state index contributed by atoms with van der Waals surface area (Å²) in [5.41, 5.74) is 3.60. The van der Waals surface area contributed by atoms with E-state index in [0.717, 1.165) is 5.56 Å². The molecule has 3 aromatic rings. The molecule has 2 aromatic carbocycles. The standard InChI is InChI=1S/C20H15Cl2N3O3/c21-15-5-1-13(2-6-15)18-10-9-17(28-18)11-24-25-19(26)12-23-20(27)14-3-7-16(22)8-4-14/h1-11H,12H2,(H,23,27)(H,25,26). The summed E-state index contributed by atoms with van der Waals surface area (Å²) in [5.74, 6) is 0.271. The second kappa shape index (κ2) is 9.21. The summed E-state index contributed by atoms with van der Waals surface area (Å²) in [4.78, 5) is 23.7. The SMILES string of the molecule is O=C(CNC(=O)c1ccc(Cl)cc1)NN=Cc1ccc(-c2ccc(Cl)cc2)o1. The van der Waals surface area contributed by atoms with Crippen LogP contribution in [0.2, 0.25) is 10.0 Å². The van der Waals surface area contributed by atoms with E-state index in [1.807, 2.05) is 12.1 Å². The molecule has 3 rings (SSSR count). The molecule has 1 heterocycles. The van der Waals surface area contributed by atoms with Crippen LogP contribution in [0, 0.1) is 0 Å². The Morgan fingerprint density at radius 2 is 1.57 bits per heavy atom. The molecule has 142 valence electrons. The molecule has 0 atom stereocenters. The smallest absolute Gasteiger partial charge is 0.259 e. The van der Waals surface area contributed by atoms with E-state index >= 15 is 0 Å². The fraction of sp³-hybridized carbons (Fsp3) is 0.0500. The van der Waals surface area contributed by atoms with Gasteiger partial charge in [0.25, 0.3) is 11.8 Å². The van der Waals surface area contributed by atoms with E-state index in [2.05, 4.69) is 15.8 Å². The third-order valence-corrected chi connectivity index (χ3v) is 4.16. The van der Waals surface area contributed by atoms with Gasteiger partial charge in [0, 0.05) is 21.2 Å². The molecule has 0 aliphatic heterocycles. The Morgan fingerprint density at radius 1 is 0.929 bits per heavy atom. The molecule has 0 radical (unpaired) electrons. The highest BCUT2D eigenvalue weighted by molar-refractivity contribution is 6.30. The minimum absolute atomic E-state index is 0.215. The number of hydrogen-bond donors (Lipinski definition) is 2. The van der Waals surface area contributed by atoms with Gasteiger partial charge in [0.1, 0.15) is 11.5 Å². The fourth-order valence-electron chi connectivity index (χ4n) is 2.26. The quantitative estimate of drug-likeness (QED) is 0.468. The lowest BCUT2D eigenvalue weighted by Gasteiger charge is -2.04. The zero-order chi connectivity index (χ0) is 19.9. The number of carbonyl (C=O) groups excluding carboxylic acids is 2. The van der Waals surface area contributed by atoms with E-state index in [9.17, 15) is 9.59 Å². The molecule has 1 aromatic heterocycles. The van der Waals surface area contributed by atoms with E-state index in [1.165, 1.54) is 6.21 Å². The molecule has 2 N–H and O–H groups in total. The summed E-state index contributed by atoms with van der Waals surface area (Å²) in [6, 6.07) is 17.1. The predicted octanol–water partition coefficient (Wildman–Crippen LogP) is 4.13. The normalized spacial score (nSPS) is 10.8. The van der Waals surface area contributed by atoms with Gasteiger partial charge in [0.2, 0.25) is 0 Å². The fourth-order valence-corrected chi connectivity index (χ4v) is 2.51. The van der Waals surface area contributed by atoms with Gasteiger partial charge in [-0.2, -0.15) is 5.10 Å². The second-order valence-electron chi connectivity index (χ2n) is 5.69. The van der Waals surface area contributed by atoms with E-state index < -0.39 is 5.91 Å². The Kier molecular flexibility index (Phi) is 6.47. The number of hydrazone groups is 1. The zero-order valence-electron chi connectivity index (χ0n) is 14.5. The number of rotatable bonds is 6. The van der Waals surface area contributed by atoms with E-state index in [0.29, 0.717) is 27.1 Å². The van der Waals surface area contributed by atoms with Crippen molar-refractivity contribution < 1.29 is 14.0 Å². The summed E-state index contributed by atoms with van der Waals surface area (Å²) in [5, 5.41) is 7.48. The first-order valence-electron chi connectivity index (χ1n) is 8.23. The number of nitrogens with zero attached hydrogens (tertiary/aromatic N) is 1. The van der Waals surface area contributed by atoms with Gasteiger partial charge >= 0.3 is 0 Å². The van der Waals surface area contributed by atoms with E-state index in [-0.39, 0.29) is 12.5 Å². The lowest BCUT2D eigenvalue weighted by atomic mass is 10.2. The third kappa shape index (κ3) is 5.45. The van der Waals surface area contributed by atoms with Crippen LogP contribution in [0.1, 0.15) is 16.1 Å². The summed E-state index contributed by atoms with van der Waals surface area (Å²) in [6.45, 7) is -0.215. The van der Waals surface area contributed by atoms with Crippen molar-refractivity contribution in [3.63, 3.8) is 0 Å². The van der Waals surface area contributed by atoms with Crippen LogP contribution in [-0.4, -0.2) is 24.6 Å². The number of hydrogen-bond acceptors (Lipinski definition) is 4. The van der Waals surface area contributed by atoms with Crippen LogP contribution in [-0.2, 0) is 4.79 Å². The summed E-state index contributed by atoms with van der Waals surface area (Å²) in [7, 11) is 0. The molecule has 6 nitrogen and oxygen atoms in total. The van der Waals surface area contributed by atoms with Crippen LogP contribution < -0.4 is 10.7 Å². The van der Waals surface area contributed by atoms with Crippen LogP contribution in [0.5, 0.6) is 0 Å². The third-order valence-electron chi connectivity index (χ3n) is 3.65. The van der Waals surface area contributed by atoms with Gasteiger partial charge in [-0.15, -0.1) is 0 Å². The molecule has 28 heavy (non-hydrogen) atoms. The van der Waals surface area contributed by atoms with Crippen molar-refractivity contribution in [3.05, 3.63) is 82.0 Å². The van der Waals surface area contributed by atoms with Crippen molar-refractivity contribution in [2.45, 2.75) is 0 Å². The maximum Gasteiger partial charge on any atom is 0.259 e. The maximum absolute atomic E-state index is 11.9. The van der Waals surface area contributed by atoms with Gasteiger partial charge in [-0.05, 0) is 60.7 Å². The Balaban J connectivity index is 1.48. The number of benzene rings is 2. The first-order valence-corrected chi connectivity index (χ1v) is 8.98. The van der Waals surface area contributed by atoms with Gasteiger partial charge in [0.15, 0.2) is 0 Å². The molecule has 8 heteroatoms. The zero-order valence-corrected chi connectivity index (χ0v) is 16.0. The number of nitrogens with one attached hydrogen (secondary N) is 2. The molecule has 0 saturated heterocycles. The number of carbonyl (C=O) groups is 2. The summed E-state index contributed by atoms with van der Waals surface area (Å²) < 4.78 is 5.63. The van der Waals surface area contributed by atoms with Crippen molar-refractivity contribution in [1.82, 2.24) is 10.7 Å². The molecule has 0 saturated carbocycles. The average Bonchev–Trinajstić information content (AvgIpc) is 3.16. The highest BCUT2D eigenvalue weighted by Crippen LogP contribution is 2.23. The summed E-state index contributed by atoms with van der Waals surface area (Å²) >= 11 is 11.6. The van der Waals surface area contributed by atoms with Crippen molar-refractivity contribution in [2.24, 2.45) is 5.10 Å². The first kappa shape index (κ1) is 19.7. The highest BCUT2D eigenvalue weighted by Gasteiger charge is 2.07. The van der Waals surface area contributed by atoms with Crippen LogP contribution in [0.4, 0.5) is 0 Å². The molecule has 0 bridgehead atoms. The van der Waals surface area contributed by atoms with Gasteiger partial charge in [-0.3, -0.25) is 9.59 Å². The largest absolute Gasteiger partial charge is 0.455 e. The lowest BCUT2D eigenvalue weighted by Crippen LogP contribution is -2.34. The van der Waals surface area contributed by atoms with Crippen LogP contribution in [0.15, 0.2) is 70.2 Å². The summed E-state index contributed by atoms with van der Waals surface area (Å²) in [6.07, 6.45) is 1.37. The van der Waals surface area contributed by atoms with Gasteiger partial charge in [-0.25, -0.2) is 5.43 Å². The second-order valence-corrected chi connectivity index (χ2v) is 6.56. The van der Waals surface area contributed by atoms with Crippen LogP contribution >= 0.6 is 23.2 Å². The maximum atomic E-state index is 11.9. The van der Waals surface area contributed by atoms with Crippen LogP contribution in [0.3, 0.4) is 0 Å². The van der Waals surface area contributed by atoms with Crippen molar-refractivity contribution in [1.29, 1.82) is 0 Å². The van der Waals surface area contributed by atoms with Crippen molar-refractivity contribution in [3.8, 4) is 11.3 Å². The highest BCUT2D eigenvalue weighted by atomic mass is 35.5. The molecular formula is C20H15Cl2N3O3. The lowest BCUT2D eigenvalue weighted by molar-refractivity contribution is -0.120. The molecule has 0 aliphatic carbocycles. The van der Waals surface area contributed by atoms with Crippen molar-refractivity contribution in [2.75, 3.05) is 6.54 Å². The van der Waals surface area contributed by atoms with E-state index in [4.69, 9.17) is 27.6 Å². The number of halogens is 2. The first-order chi connectivity index (χ1) is 13.5. The molecule has 0 fully saturated rings. The Hall–Kier alpha value is -3.09. The Bertz CT molecular complexity index is 996. The van der Waals surface area contributed by atoms with E-state index in [1.54, 1.807) is 48.5 Å². The number of furan rings is 1. The topological polar surface area (TPSA) is 83.7 Å². The minimum atomic E-state index is -0.469. The average molecular weight is 416 g/mol. The van der Waals surface area contributed by atoms with Gasteiger partial charge in [0.05, 0.1) is 12.8 Å². The monoisotopic (exact) mass is 415 g/mol. The molecule has 2 amide bonds. The Morgan fingerprint density at radius 3 is 2.25 bits per heavy atom. The molecule has 0 spiro atoms.